The van der Waals surface area contributed by atoms with Crippen molar-refractivity contribution in [2.75, 3.05) is 24.5 Å². The molecule has 1 aliphatic heterocycles. The highest BCUT2D eigenvalue weighted by atomic mass is 32.1. The first-order valence-corrected chi connectivity index (χ1v) is 13.8. The average Bonchev–Trinajstić information content (AvgIpc) is 3.30. The Balaban J connectivity index is 2.36. The zero-order valence-corrected chi connectivity index (χ0v) is 22.5. The molecule has 1 aromatic rings. The summed E-state index contributed by atoms with van der Waals surface area (Å²) in [6.07, 6.45) is 10.5. The Morgan fingerprint density at radius 1 is 1.03 bits per heavy atom. The normalized spacial score (nSPS) is 16.4. The third-order valence-electron chi connectivity index (χ3n) is 6.58. The van der Waals surface area contributed by atoms with Gasteiger partial charge >= 0.3 is 0 Å². The predicted molar refractivity (Wildman–Crippen MR) is 143 cm³/mol. The van der Waals surface area contributed by atoms with Crippen LogP contribution < -0.4 is 4.90 Å². The van der Waals surface area contributed by atoms with E-state index in [0.29, 0.717) is 17.7 Å². The molecule has 2 rings (SSSR count). The van der Waals surface area contributed by atoms with Crippen LogP contribution in [0.3, 0.4) is 0 Å². The van der Waals surface area contributed by atoms with Crippen LogP contribution in [0.5, 0.6) is 0 Å². The highest BCUT2D eigenvalue weighted by Crippen LogP contribution is 2.33. The van der Waals surface area contributed by atoms with Gasteiger partial charge in [0.2, 0.25) is 0 Å². The Kier molecular flexibility index (Phi) is 11.6. The molecule has 0 saturated carbocycles. The smallest absolute Gasteiger partial charge is 0.271 e. The Morgan fingerprint density at radius 3 is 2.24 bits per heavy atom. The van der Waals surface area contributed by atoms with Crippen molar-refractivity contribution < 1.29 is 9.59 Å². The minimum atomic E-state index is -0.450. The van der Waals surface area contributed by atoms with E-state index >= 15 is 0 Å². The van der Waals surface area contributed by atoms with Gasteiger partial charge in [0.05, 0.1) is 5.00 Å². The first-order valence-electron chi connectivity index (χ1n) is 13.0. The van der Waals surface area contributed by atoms with Gasteiger partial charge < -0.3 is 4.90 Å². The van der Waals surface area contributed by atoms with Crippen LogP contribution in [-0.2, 0) is 9.59 Å². The molecular weight excluding hydrogens is 442 g/mol. The highest BCUT2D eigenvalue weighted by Gasteiger charge is 2.36. The van der Waals surface area contributed by atoms with Gasteiger partial charge in [0.15, 0.2) is 0 Å². The summed E-state index contributed by atoms with van der Waals surface area (Å²) in [7, 11) is 0. The number of amides is 2. The van der Waals surface area contributed by atoms with E-state index in [9.17, 15) is 14.9 Å². The lowest BCUT2D eigenvalue weighted by Gasteiger charge is -2.30. The van der Waals surface area contributed by atoms with Gasteiger partial charge in [-0.05, 0) is 55.9 Å². The van der Waals surface area contributed by atoms with E-state index in [1.54, 1.807) is 18.3 Å². The van der Waals surface area contributed by atoms with Crippen LogP contribution in [0.1, 0.15) is 90.9 Å². The number of anilines is 1. The summed E-state index contributed by atoms with van der Waals surface area (Å²) in [5, 5.41) is 10.9. The first kappa shape index (κ1) is 27.9. The number of nitriles is 1. The number of rotatable bonds is 14. The lowest BCUT2D eigenvalue weighted by atomic mass is 9.92. The van der Waals surface area contributed by atoms with Crippen LogP contribution in [0.4, 0.5) is 5.00 Å². The molecule has 2 amide bonds. The highest BCUT2D eigenvalue weighted by molar-refractivity contribution is 7.17. The van der Waals surface area contributed by atoms with Crippen molar-refractivity contribution in [3.8, 4) is 6.07 Å². The molecule has 2 heterocycles. The van der Waals surface area contributed by atoms with Crippen LogP contribution >= 0.6 is 11.3 Å². The van der Waals surface area contributed by atoms with Gasteiger partial charge in [0.1, 0.15) is 11.6 Å². The Labute approximate surface area is 210 Å². The van der Waals surface area contributed by atoms with Gasteiger partial charge in [-0.2, -0.15) is 5.26 Å². The lowest BCUT2D eigenvalue weighted by Crippen LogP contribution is -2.45. The van der Waals surface area contributed by atoms with E-state index < -0.39 is 5.91 Å². The lowest BCUT2D eigenvalue weighted by molar-refractivity contribution is -0.141. The quantitative estimate of drug-likeness (QED) is 0.212. The molecule has 1 aromatic heterocycles. The summed E-state index contributed by atoms with van der Waals surface area (Å²) >= 11 is 1.67. The van der Waals surface area contributed by atoms with Gasteiger partial charge in [-0.25, -0.2) is 0 Å². The van der Waals surface area contributed by atoms with Crippen LogP contribution in [0, 0.1) is 17.2 Å². The SMILES string of the molecule is CCCCC(CC)CN1C(=O)C(C#N)=C(C)/C(=C/c2ccc(N(CCCC)CCCC)s2)C1=O. The van der Waals surface area contributed by atoms with Crippen LogP contribution in [0.15, 0.2) is 28.9 Å². The molecule has 0 spiro atoms. The zero-order chi connectivity index (χ0) is 25.1. The van der Waals surface area contributed by atoms with Crippen LogP contribution in [0.25, 0.3) is 6.08 Å². The molecule has 1 unspecified atom stereocenters. The third kappa shape index (κ3) is 7.06. The standard InChI is InChI=1S/C28H41N3O2S/c1-6-10-13-22(9-4)20-31-27(32)24(21(5)25(19-29)28(31)33)18-23-14-15-26(34-23)30(16-11-7-2)17-12-8-3/h14-15,18,22H,6-13,16-17,20H2,1-5H3/b24-18-. The minimum Gasteiger partial charge on any atom is -0.363 e. The van der Waals surface area contributed by atoms with E-state index in [1.165, 1.54) is 9.90 Å². The van der Waals surface area contributed by atoms with Gasteiger partial charge in [-0.15, -0.1) is 11.3 Å². The molecule has 0 fully saturated rings. The Morgan fingerprint density at radius 2 is 1.68 bits per heavy atom. The van der Waals surface area contributed by atoms with Crippen molar-refractivity contribution in [1.29, 1.82) is 5.26 Å². The monoisotopic (exact) mass is 483 g/mol. The second-order valence-electron chi connectivity index (χ2n) is 9.18. The van der Waals surface area contributed by atoms with Crippen molar-refractivity contribution in [1.82, 2.24) is 4.90 Å². The summed E-state index contributed by atoms with van der Waals surface area (Å²) < 4.78 is 0. The number of thiophene rings is 1. The van der Waals surface area contributed by atoms with E-state index in [4.69, 9.17) is 0 Å². The maximum atomic E-state index is 13.4. The number of hydrogen-bond donors (Lipinski definition) is 0. The minimum absolute atomic E-state index is 0.0838. The second kappa shape index (κ2) is 14.1. The predicted octanol–water partition coefficient (Wildman–Crippen LogP) is 6.96. The Hall–Kier alpha value is -2.39. The van der Waals surface area contributed by atoms with Crippen molar-refractivity contribution in [3.63, 3.8) is 0 Å². The third-order valence-corrected chi connectivity index (χ3v) is 7.68. The van der Waals surface area contributed by atoms with Crippen molar-refractivity contribution >= 4 is 34.2 Å². The number of carbonyl (C=O) groups excluding carboxylic acids is 2. The van der Waals surface area contributed by atoms with Gasteiger partial charge in [0, 0.05) is 30.1 Å². The fraction of sp³-hybridized carbons (Fsp3) is 0.607. The summed E-state index contributed by atoms with van der Waals surface area (Å²) in [5.41, 5.74) is 1.03. The summed E-state index contributed by atoms with van der Waals surface area (Å²) in [6, 6.07) is 6.23. The zero-order valence-electron chi connectivity index (χ0n) is 21.7. The largest absolute Gasteiger partial charge is 0.363 e. The first-order chi connectivity index (χ1) is 16.4. The molecule has 1 aliphatic rings. The molecule has 0 aliphatic carbocycles. The molecule has 0 bridgehead atoms. The fourth-order valence-electron chi connectivity index (χ4n) is 4.23. The van der Waals surface area contributed by atoms with E-state index in [-0.39, 0.29) is 17.4 Å². The number of imide groups is 1. The molecule has 1 atom stereocenters. The maximum Gasteiger partial charge on any atom is 0.271 e. The van der Waals surface area contributed by atoms with Crippen molar-refractivity contribution in [2.24, 2.45) is 5.92 Å². The van der Waals surface area contributed by atoms with Crippen molar-refractivity contribution in [3.05, 3.63) is 33.7 Å². The number of hydrogen-bond acceptors (Lipinski definition) is 5. The number of nitrogens with zero attached hydrogens (tertiary/aromatic N) is 3. The number of carbonyl (C=O) groups is 2. The van der Waals surface area contributed by atoms with Crippen LogP contribution in [0.2, 0.25) is 0 Å². The summed E-state index contributed by atoms with van der Waals surface area (Å²) in [4.78, 5) is 31.2. The molecule has 0 N–H and O–H groups in total. The van der Waals surface area contributed by atoms with E-state index in [0.717, 1.165) is 69.3 Å². The molecular formula is C28H41N3O2S. The molecule has 0 saturated heterocycles. The van der Waals surface area contributed by atoms with E-state index in [1.807, 2.05) is 12.1 Å². The number of unbranched alkanes of at least 4 members (excludes halogenated alkanes) is 3. The van der Waals surface area contributed by atoms with Crippen LogP contribution in [-0.4, -0.2) is 36.3 Å². The van der Waals surface area contributed by atoms with E-state index in [2.05, 4.69) is 44.7 Å². The average molecular weight is 484 g/mol. The van der Waals surface area contributed by atoms with Gasteiger partial charge in [-0.3, -0.25) is 14.5 Å². The fourth-order valence-corrected chi connectivity index (χ4v) is 5.24. The molecule has 0 aromatic carbocycles. The van der Waals surface area contributed by atoms with Crippen molar-refractivity contribution in [2.45, 2.75) is 86.0 Å². The molecule has 6 heteroatoms. The topological polar surface area (TPSA) is 64.4 Å². The molecule has 186 valence electrons. The second-order valence-corrected chi connectivity index (χ2v) is 10.3. The van der Waals surface area contributed by atoms with Gasteiger partial charge in [0.25, 0.3) is 11.8 Å². The Bertz CT molecular complexity index is 930. The molecule has 0 radical (unpaired) electrons. The van der Waals surface area contributed by atoms with Gasteiger partial charge in [-0.1, -0.05) is 59.8 Å². The molecule has 5 nitrogen and oxygen atoms in total. The molecule has 34 heavy (non-hydrogen) atoms. The maximum absolute atomic E-state index is 13.4. The summed E-state index contributed by atoms with van der Waals surface area (Å²) in [5.74, 6) is -0.471. The summed E-state index contributed by atoms with van der Waals surface area (Å²) in [6.45, 7) is 12.8.